The van der Waals surface area contributed by atoms with Crippen molar-refractivity contribution in [2.45, 2.75) is 51.6 Å². The zero-order valence-electron chi connectivity index (χ0n) is 38.9. The van der Waals surface area contributed by atoms with Gasteiger partial charge in [0.15, 0.2) is 0 Å². The van der Waals surface area contributed by atoms with E-state index < -0.39 is 30.5 Å². The molecule has 0 spiro atoms. The topological polar surface area (TPSA) is 176 Å². The number of aromatic nitrogens is 4. The molecule has 0 unspecified atom stereocenters. The lowest BCUT2D eigenvalue weighted by Crippen LogP contribution is -2.36. The summed E-state index contributed by atoms with van der Waals surface area (Å²) in [5.74, 6) is -1.96. The van der Waals surface area contributed by atoms with Crippen molar-refractivity contribution in [3.05, 3.63) is 196 Å². The number of nitrogens with zero attached hydrogens (tertiary/aromatic N) is 4. The molecule has 0 aliphatic rings. The fourth-order valence-electron chi connectivity index (χ4n) is 6.79. The van der Waals surface area contributed by atoms with Gasteiger partial charge in [0.2, 0.25) is 17.5 Å². The number of hydrogen-bond donors (Lipinski definition) is 4. The quantitative estimate of drug-likeness (QED) is 0.0681. The Bertz CT molecular complexity index is 3070. The van der Waals surface area contributed by atoms with Crippen LogP contribution in [-0.2, 0) is 17.0 Å². The number of carbonyl (C=O) groups excluding carboxylic acids is 2. The van der Waals surface area contributed by atoms with Crippen molar-refractivity contribution in [3.63, 3.8) is 0 Å². The van der Waals surface area contributed by atoms with Gasteiger partial charge in [-0.05, 0) is 88.4 Å². The molecular formula is C52H47BBrF5N6O6. The molecule has 0 atom stereocenters. The number of amides is 2. The molecule has 0 aliphatic carbocycles. The highest BCUT2D eigenvalue weighted by Gasteiger charge is 2.38. The van der Waals surface area contributed by atoms with Crippen molar-refractivity contribution in [2.75, 3.05) is 13.1 Å². The maximum Gasteiger partial charge on any atom is 0.488 e. The normalized spacial score (nSPS) is 11.4. The minimum absolute atomic E-state index is 0.130. The van der Waals surface area contributed by atoms with Crippen molar-refractivity contribution in [1.82, 2.24) is 30.9 Å². The lowest BCUT2D eigenvalue weighted by atomic mass is 9.80. The largest absolute Gasteiger partial charge is 0.488 e. The van der Waals surface area contributed by atoms with Crippen LogP contribution in [-0.4, -0.2) is 62.4 Å². The standard InChI is InChI=1S/C26H21F4N3O2.C20H20BrN3O2.C6H6BFO2/c1-25(2,20-8-4-5-17(14-20)16-9-11-21(27)12-10-16)15-31-23(34)19-7-3-6-18(13-19)22-32-24(35-33-22)26(28,29)30;1-13-23-18(24-26-13)14-6-4-7-15(10-14)19(25)22-12-20(2,3)16-8-5-9-17(21)11-16;8-6-3-1-5(2-4-6)7(9)10/h3-14H,15H2,1-2H3,(H,31,34);4-11H,12H2,1-3H3,(H,22,25);1-4,9-10H. The van der Waals surface area contributed by atoms with Crippen LogP contribution in [0.25, 0.3) is 33.9 Å². The molecule has 2 aromatic heterocycles. The second kappa shape index (κ2) is 23.0. The number of halogens is 6. The predicted molar refractivity (Wildman–Crippen MR) is 262 cm³/mol. The van der Waals surface area contributed by atoms with Crippen molar-refractivity contribution >= 4 is 40.3 Å². The van der Waals surface area contributed by atoms with Gasteiger partial charge in [0, 0.05) is 57.6 Å². The molecule has 0 aliphatic heterocycles. The molecule has 2 heterocycles. The van der Waals surface area contributed by atoms with E-state index >= 15 is 0 Å². The summed E-state index contributed by atoms with van der Waals surface area (Å²) >= 11 is 3.50. The van der Waals surface area contributed by atoms with Gasteiger partial charge in [-0.15, -0.1) is 0 Å². The number of rotatable bonds is 12. The third kappa shape index (κ3) is 14.8. The van der Waals surface area contributed by atoms with Crippen molar-refractivity contribution in [3.8, 4) is 33.9 Å². The first-order valence-corrected chi connectivity index (χ1v) is 22.6. The molecule has 4 N–H and O–H groups in total. The van der Waals surface area contributed by atoms with Crippen LogP contribution in [0, 0.1) is 18.6 Å². The van der Waals surface area contributed by atoms with Crippen LogP contribution < -0.4 is 16.1 Å². The third-order valence-corrected chi connectivity index (χ3v) is 11.4. The molecule has 0 bridgehead atoms. The number of carbonyl (C=O) groups is 2. The van der Waals surface area contributed by atoms with Crippen LogP contribution in [0.5, 0.6) is 0 Å². The van der Waals surface area contributed by atoms with E-state index in [0.717, 1.165) is 32.3 Å². The highest BCUT2D eigenvalue weighted by molar-refractivity contribution is 9.10. The number of alkyl halides is 3. The molecule has 366 valence electrons. The first-order chi connectivity index (χ1) is 33.6. The number of hydrogen-bond acceptors (Lipinski definition) is 10. The monoisotopic (exact) mass is 1040 g/mol. The smallest absolute Gasteiger partial charge is 0.423 e. The summed E-state index contributed by atoms with van der Waals surface area (Å²) < 4.78 is 74.0. The maximum absolute atomic E-state index is 13.3. The molecule has 8 rings (SSSR count). The summed E-state index contributed by atoms with van der Waals surface area (Å²) in [7, 11) is -1.51. The van der Waals surface area contributed by atoms with Crippen LogP contribution in [0.15, 0.2) is 159 Å². The molecule has 6 aromatic carbocycles. The molecule has 0 radical (unpaired) electrons. The minimum atomic E-state index is -4.75. The Morgan fingerprint density at radius 1 is 0.592 bits per heavy atom. The van der Waals surface area contributed by atoms with Crippen LogP contribution >= 0.6 is 15.9 Å². The summed E-state index contributed by atoms with van der Waals surface area (Å²) in [6.07, 6.45) is -4.75. The second-order valence-corrected chi connectivity index (χ2v) is 18.3. The summed E-state index contributed by atoms with van der Waals surface area (Å²) in [6.45, 7) is 10.7. The van der Waals surface area contributed by atoms with Gasteiger partial charge in [-0.1, -0.05) is 139 Å². The zero-order chi connectivity index (χ0) is 51.5. The molecule has 0 saturated heterocycles. The predicted octanol–water partition coefficient (Wildman–Crippen LogP) is 10.3. The Morgan fingerprint density at radius 3 is 1.54 bits per heavy atom. The Morgan fingerprint density at radius 2 is 1.06 bits per heavy atom. The molecule has 2 amide bonds. The molecule has 71 heavy (non-hydrogen) atoms. The fraction of sp³-hybridized carbons (Fsp3) is 0.192. The van der Waals surface area contributed by atoms with Gasteiger partial charge in [0.25, 0.3) is 11.8 Å². The van der Waals surface area contributed by atoms with E-state index in [1.54, 1.807) is 37.3 Å². The molecule has 0 fully saturated rings. The number of benzene rings is 6. The summed E-state index contributed by atoms with van der Waals surface area (Å²) in [5, 5.41) is 30.3. The van der Waals surface area contributed by atoms with Gasteiger partial charge in [-0.3, -0.25) is 9.59 Å². The van der Waals surface area contributed by atoms with E-state index in [0.29, 0.717) is 35.8 Å². The van der Waals surface area contributed by atoms with Crippen molar-refractivity contribution in [2.24, 2.45) is 0 Å². The summed E-state index contributed by atoms with van der Waals surface area (Å²) in [5.41, 5.74) is 5.37. The zero-order valence-corrected chi connectivity index (χ0v) is 40.5. The Hall–Kier alpha value is -7.35. The van der Waals surface area contributed by atoms with Crippen molar-refractivity contribution in [1.29, 1.82) is 0 Å². The molecule has 19 heteroatoms. The Balaban J connectivity index is 0.000000200. The molecule has 12 nitrogen and oxygen atoms in total. The van der Waals surface area contributed by atoms with Crippen LogP contribution in [0.1, 0.15) is 71.3 Å². The second-order valence-electron chi connectivity index (χ2n) is 17.4. The molecule has 0 saturated carbocycles. The van der Waals surface area contributed by atoms with E-state index in [1.807, 2.05) is 62.4 Å². The summed E-state index contributed by atoms with van der Waals surface area (Å²) in [4.78, 5) is 33.0. The van der Waals surface area contributed by atoms with Gasteiger partial charge in [0.1, 0.15) is 11.6 Å². The average molecular weight is 1040 g/mol. The molecule has 8 aromatic rings. The van der Waals surface area contributed by atoms with E-state index in [1.165, 1.54) is 54.6 Å². The summed E-state index contributed by atoms with van der Waals surface area (Å²) in [6, 6.07) is 40.3. The first kappa shape index (κ1) is 53.0. The van der Waals surface area contributed by atoms with Crippen molar-refractivity contribution < 1.29 is 50.6 Å². The van der Waals surface area contributed by atoms with Crippen LogP contribution in [0.2, 0.25) is 0 Å². The van der Waals surface area contributed by atoms with Crippen LogP contribution in [0.3, 0.4) is 0 Å². The van der Waals surface area contributed by atoms with E-state index in [-0.39, 0.29) is 39.9 Å². The van der Waals surface area contributed by atoms with Gasteiger partial charge in [0.05, 0.1) is 0 Å². The fourth-order valence-corrected chi connectivity index (χ4v) is 7.19. The van der Waals surface area contributed by atoms with Gasteiger partial charge >= 0.3 is 19.2 Å². The van der Waals surface area contributed by atoms with E-state index in [2.05, 4.69) is 77.3 Å². The van der Waals surface area contributed by atoms with Crippen LogP contribution in [0.4, 0.5) is 22.0 Å². The Labute approximate surface area is 414 Å². The Kier molecular flexibility index (Phi) is 17.2. The lowest BCUT2D eigenvalue weighted by molar-refractivity contribution is -0.159. The van der Waals surface area contributed by atoms with E-state index in [9.17, 15) is 31.5 Å². The SMILES string of the molecule is CC(C)(CNC(=O)c1cccc(-c2noc(C(F)(F)F)n2)c1)c1cccc(-c2ccc(F)cc2)c1.Cc1nc(-c2cccc(C(=O)NCC(C)(C)c3cccc(Br)c3)c2)no1.OB(O)c1ccc(F)cc1. The highest BCUT2D eigenvalue weighted by atomic mass is 79.9. The number of nitrogens with one attached hydrogen (secondary N) is 2. The average Bonchev–Trinajstić information content (AvgIpc) is 4.04. The molecular weight excluding hydrogens is 990 g/mol. The number of aryl methyl sites for hydroxylation is 1. The third-order valence-electron chi connectivity index (χ3n) is 10.9. The van der Waals surface area contributed by atoms with Gasteiger partial charge < -0.3 is 29.7 Å². The minimum Gasteiger partial charge on any atom is -0.423 e. The highest BCUT2D eigenvalue weighted by Crippen LogP contribution is 2.31. The van der Waals surface area contributed by atoms with Gasteiger partial charge in [-0.25, -0.2) is 8.78 Å². The first-order valence-electron chi connectivity index (χ1n) is 21.8. The maximum atomic E-state index is 13.3. The lowest BCUT2D eigenvalue weighted by Gasteiger charge is -2.26. The van der Waals surface area contributed by atoms with Gasteiger partial charge in [-0.2, -0.15) is 23.1 Å². The van der Waals surface area contributed by atoms with E-state index in [4.69, 9.17) is 14.6 Å².